The highest BCUT2D eigenvalue weighted by atomic mass is 127. The van der Waals surface area contributed by atoms with Gasteiger partial charge in [0.2, 0.25) is 0 Å². The van der Waals surface area contributed by atoms with E-state index in [-0.39, 0.29) is 18.5 Å². The van der Waals surface area contributed by atoms with Gasteiger partial charge in [-0.2, -0.15) is 0 Å². The van der Waals surface area contributed by atoms with Crippen LogP contribution >= 0.6 is 22.6 Å². The summed E-state index contributed by atoms with van der Waals surface area (Å²) < 4.78 is 5.98. The zero-order valence-corrected chi connectivity index (χ0v) is 13.4. The van der Waals surface area contributed by atoms with Crippen molar-refractivity contribution < 1.29 is 14.3 Å². The zero-order valence-electron chi connectivity index (χ0n) is 11.2. The molecule has 0 unspecified atom stereocenters. The fraction of sp³-hybridized carbons (Fsp3) is 0.467. The number of ether oxygens (including phenoxy) is 1. The van der Waals surface area contributed by atoms with Crippen molar-refractivity contribution >= 4 is 40.2 Å². The van der Waals surface area contributed by atoms with E-state index < -0.39 is 0 Å². The normalized spacial score (nSPS) is 15.1. The van der Waals surface area contributed by atoms with Crippen molar-refractivity contribution in [3.63, 3.8) is 0 Å². The minimum atomic E-state index is -0.297. The number of carbonyl (C=O) groups excluding carboxylic acids is 2. The third-order valence-electron chi connectivity index (χ3n) is 3.44. The van der Waals surface area contributed by atoms with Crippen LogP contribution in [0.1, 0.15) is 32.1 Å². The molecule has 2 rings (SSSR count). The van der Waals surface area contributed by atoms with Crippen LogP contribution in [0.4, 0.5) is 5.69 Å². The van der Waals surface area contributed by atoms with Gasteiger partial charge in [-0.1, -0.05) is 25.0 Å². The molecule has 1 amide bonds. The number of para-hydroxylation sites is 1. The maximum Gasteiger partial charge on any atom is 0.306 e. The summed E-state index contributed by atoms with van der Waals surface area (Å²) in [6, 6.07) is 7.48. The van der Waals surface area contributed by atoms with E-state index in [1.165, 1.54) is 12.8 Å². The lowest BCUT2D eigenvalue weighted by atomic mass is 10.1. The van der Waals surface area contributed by atoms with E-state index in [9.17, 15) is 9.59 Å². The minimum absolute atomic E-state index is 0.212. The van der Waals surface area contributed by atoms with Gasteiger partial charge in [-0.3, -0.25) is 9.59 Å². The molecule has 0 radical (unpaired) electrons. The molecule has 1 aliphatic carbocycles. The number of hydrogen-bond donors (Lipinski definition) is 1. The van der Waals surface area contributed by atoms with Gasteiger partial charge in [-0.25, -0.2) is 0 Å². The first-order valence-corrected chi connectivity index (χ1v) is 7.93. The molecule has 1 N–H and O–H groups in total. The lowest BCUT2D eigenvalue weighted by Crippen LogP contribution is -2.22. The number of anilines is 1. The molecule has 108 valence electrons. The third-order valence-corrected chi connectivity index (χ3v) is 4.38. The van der Waals surface area contributed by atoms with Crippen LogP contribution in [-0.4, -0.2) is 18.5 Å². The second-order valence-corrected chi connectivity index (χ2v) is 6.21. The van der Waals surface area contributed by atoms with Gasteiger partial charge in [-0.15, -0.1) is 0 Å². The summed E-state index contributed by atoms with van der Waals surface area (Å²) in [5.41, 5.74) is 0.741. The van der Waals surface area contributed by atoms with E-state index in [1.54, 1.807) is 0 Å². The molecule has 0 aliphatic heterocycles. The van der Waals surface area contributed by atoms with Gasteiger partial charge in [-0.05, 0) is 53.5 Å². The Bertz CT molecular complexity index is 484. The van der Waals surface area contributed by atoms with Gasteiger partial charge in [0.15, 0.2) is 6.61 Å². The quantitative estimate of drug-likeness (QED) is 0.623. The molecule has 1 aromatic carbocycles. The molecule has 20 heavy (non-hydrogen) atoms. The van der Waals surface area contributed by atoms with Crippen molar-refractivity contribution in [3.05, 3.63) is 27.8 Å². The molecule has 0 heterocycles. The fourth-order valence-corrected chi connectivity index (χ4v) is 2.93. The largest absolute Gasteiger partial charge is 0.456 e. The van der Waals surface area contributed by atoms with Crippen LogP contribution in [0.5, 0.6) is 0 Å². The predicted octanol–water partition coefficient (Wildman–Crippen LogP) is 3.35. The van der Waals surface area contributed by atoms with Crippen molar-refractivity contribution in [3.8, 4) is 0 Å². The van der Waals surface area contributed by atoms with Crippen molar-refractivity contribution in [2.24, 2.45) is 5.92 Å². The number of nitrogens with one attached hydrogen (secondary N) is 1. The SMILES string of the molecule is O=C(COC(=O)CC1CCCC1)Nc1ccccc1I. The van der Waals surface area contributed by atoms with Crippen molar-refractivity contribution in [1.29, 1.82) is 0 Å². The first-order chi connectivity index (χ1) is 9.65. The summed E-state index contributed by atoms with van der Waals surface area (Å²) >= 11 is 2.15. The highest BCUT2D eigenvalue weighted by Crippen LogP contribution is 2.27. The highest BCUT2D eigenvalue weighted by Gasteiger charge is 2.19. The Balaban J connectivity index is 1.72. The van der Waals surface area contributed by atoms with Gasteiger partial charge < -0.3 is 10.1 Å². The van der Waals surface area contributed by atoms with Crippen LogP contribution in [0.3, 0.4) is 0 Å². The van der Waals surface area contributed by atoms with Gasteiger partial charge in [0.05, 0.1) is 5.69 Å². The number of hydrogen-bond acceptors (Lipinski definition) is 3. The van der Waals surface area contributed by atoms with E-state index in [1.807, 2.05) is 24.3 Å². The minimum Gasteiger partial charge on any atom is -0.456 e. The first kappa shape index (κ1) is 15.3. The van der Waals surface area contributed by atoms with Crippen LogP contribution in [0.25, 0.3) is 0 Å². The number of benzene rings is 1. The summed E-state index contributed by atoms with van der Waals surface area (Å²) in [4.78, 5) is 23.3. The Kier molecular flexibility index (Phi) is 5.82. The fourth-order valence-electron chi connectivity index (χ4n) is 2.40. The second kappa shape index (κ2) is 7.61. The molecule has 0 saturated heterocycles. The molecule has 1 aromatic rings. The zero-order chi connectivity index (χ0) is 14.4. The molecule has 4 nitrogen and oxygen atoms in total. The van der Waals surface area contributed by atoms with Gasteiger partial charge in [0.1, 0.15) is 0 Å². The Morgan fingerprint density at radius 1 is 1.25 bits per heavy atom. The summed E-state index contributed by atoms with van der Waals surface area (Å²) in [5.74, 6) is -0.121. The average Bonchev–Trinajstić information content (AvgIpc) is 2.92. The van der Waals surface area contributed by atoms with E-state index in [0.717, 1.165) is 22.1 Å². The number of rotatable bonds is 5. The van der Waals surface area contributed by atoms with Crippen LogP contribution < -0.4 is 5.32 Å². The lowest BCUT2D eigenvalue weighted by molar-refractivity contribution is -0.148. The number of halogens is 1. The second-order valence-electron chi connectivity index (χ2n) is 5.04. The van der Waals surface area contributed by atoms with Crippen molar-refractivity contribution in [1.82, 2.24) is 0 Å². The number of carbonyl (C=O) groups is 2. The van der Waals surface area contributed by atoms with Gasteiger partial charge in [0, 0.05) is 9.99 Å². The third kappa shape index (κ3) is 4.77. The Morgan fingerprint density at radius 2 is 1.95 bits per heavy atom. The van der Waals surface area contributed by atoms with Crippen molar-refractivity contribution in [2.45, 2.75) is 32.1 Å². The molecule has 1 fully saturated rings. The Labute approximate surface area is 132 Å². The van der Waals surface area contributed by atoms with E-state index in [2.05, 4.69) is 27.9 Å². The molecular weight excluding hydrogens is 369 g/mol. The summed E-state index contributed by atoms with van der Waals surface area (Å²) in [7, 11) is 0. The van der Waals surface area contributed by atoms with Crippen LogP contribution in [0.15, 0.2) is 24.3 Å². The smallest absolute Gasteiger partial charge is 0.306 e. The molecule has 0 atom stereocenters. The summed E-state index contributed by atoms with van der Waals surface area (Å²) in [6.45, 7) is -0.212. The maximum atomic E-state index is 11.7. The molecular formula is C15H18INO3. The Morgan fingerprint density at radius 3 is 2.65 bits per heavy atom. The van der Waals surface area contributed by atoms with E-state index >= 15 is 0 Å². The molecule has 0 spiro atoms. The topological polar surface area (TPSA) is 55.4 Å². The summed E-state index contributed by atoms with van der Waals surface area (Å²) in [5, 5.41) is 2.74. The highest BCUT2D eigenvalue weighted by molar-refractivity contribution is 14.1. The number of amides is 1. The molecule has 1 saturated carbocycles. The lowest BCUT2D eigenvalue weighted by Gasteiger charge is -2.10. The van der Waals surface area contributed by atoms with Crippen LogP contribution in [0, 0.1) is 9.49 Å². The first-order valence-electron chi connectivity index (χ1n) is 6.85. The van der Waals surface area contributed by atoms with Crippen molar-refractivity contribution in [2.75, 3.05) is 11.9 Å². The number of esters is 1. The average molecular weight is 387 g/mol. The predicted molar refractivity (Wildman–Crippen MR) is 85.3 cm³/mol. The molecule has 1 aliphatic rings. The van der Waals surface area contributed by atoms with E-state index in [0.29, 0.717) is 12.3 Å². The summed E-state index contributed by atoms with van der Waals surface area (Å²) in [6.07, 6.45) is 5.04. The van der Waals surface area contributed by atoms with Gasteiger partial charge in [0.25, 0.3) is 5.91 Å². The Hall–Kier alpha value is -1.11. The maximum absolute atomic E-state index is 11.7. The van der Waals surface area contributed by atoms with Crippen LogP contribution in [-0.2, 0) is 14.3 Å². The molecule has 5 heteroatoms. The van der Waals surface area contributed by atoms with Crippen LogP contribution in [0.2, 0.25) is 0 Å². The standard InChI is InChI=1S/C15H18INO3/c16-12-7-3-4-8-13(12)17-14(18)10-20-15(19)9-11-5-1-2-6-11/h3-4,7-8,11H,1-2,5-6,9-10H2,(H,17,18). The molecule has 0 bridgehead atoms. The molecule has 0 aromatic heterocycles. The monoisotopic (exact) mass is 387 g/mol. The van der Waals surface area contributed by atoms with Gasteiger partial charge >= 0.3 is 5.97 Å². The van der Waals surface area contributed by atoms with E-state index in [4.69, 9.17) is 4.74 Å².